The van der Waals surface area contributed by atoms with Crippen LogP contribution in [0.5, 0.6) is 23.1 Å². The standard InChI is InChI=1S/C54H67N7O8S/c1-33(2)40-10-7-8-11-41(40)44-12-9-23-60(44)38-30-54(31-38)20-24-59(25-21-54)37-13-14-42(46(27-37)69-48-26-36-17-22-55-50(36)57-52(48)68-34(3)4)51(62)58-70(65,66)39-28-45(61(63)64)49-47(29-39)67-32-43(56-49)35-15-18-53(5,6)19-16-35/h7-8,10-11,13-14,17,22,26-29,33-35,38,43-44,56H,9,12,15-16,18-21,23-25,30-32H2,1-6H3,(H,55,57)(H,58,62)/t43-,44+/m1/s1. The number of nitrogens with one attached hydrogen (secondary N) is 3. The fourth-order valence-corrected chi connectivity index (χ4v) is 13.0. The highest BCUT2D eigenvalue weighted by atomic mass is 32.2. The number of piperidine rings is 1. The molecule has 2 saturated carbocycles. The van der Waals surface area contributed by atoms with E-state index in [1.165, 1.54) is 42.9 Å². The molecule has 2 aromatic heterocycles. The number of H-pyrrole nitrogens is 1. The Balaban J connectivity index is 0.888. The quantitative estimate of drug-likeness (QED) is 0.0751. The number of benzene rings is 3. The highest BCUT2D eigenvalue weighted by molar-refractivity contribution is 7.90. The minimum Gasteiger partial charge on any atom is -0.489 e. The van der Waals surface area contributed by atoms with Gasteiger partial charge >= 0.3 is 0 Å². The Bertz CT molecular complexity index is 2890. The molecule has 0 radical (unpaired) electrons. The summed E-state index contributed by atoms with van der Waals surface area (Å²) < 4.78 is 49.2. The molecule has 2 saturated heterocycles. The van der Waals surface area contributed by atoms with E-state index in [1.807, 2.05) is 26.0 Å². The van der Waals surface area contributed by atoms with Crippen LogP contribution in [-0.2, 0) is 10.0 Å². The zero-order valence-corrected chi connectivity index (χ0v) is 42.1. The zero-order chi connectivity index (χ0) is 49.1. The lowest BCUT2D eigenvalue weighted by Crippen LogP contribution is -2.54. The molecule has 0 bridgehead atoms. The Morgan fingerprint density at radius 1 is 0.943 bits per heavy atom. The van der Waals surface area contributed by atoms with E-state index in [9.17, 15) is 23.3 Å². The van der Waals surface area contributed by atoms with Crippen molar-refractivity contribution in [3.05, 3.63) is 99.7 Å². The molecule has 1 spiro atoms. The molecule has 372 valence electrons. The second kappa shape index (κ2) is 18.7. The van der Waals surface area contributed by atoms with E-state index in [0.717, 1.165) is 75.3 Å². The fraction of sp³-hybridized carbons (Fsp3) is 0.519. The Labute approximate surface area is 411 Å². The summed E-state index contributed by atoms with van der Waals surface area (Å²) in [6, 6.07) is 20.9. The molecule has 4 fully saturated rings. The van der Waals surface area contributed by atoms with Crippen LogP contribution in [-0.4, -0.2) is 78.5 Å². The SMILES string of the molecule is CC(C)Oc1nc2[nH]ccc2cc1Oc1cc(N2CCC3(CC2)CC(N2CCC[C@H]2c2ccccc2C(C)C)C3)ccc1C(=O)NS(=O)(=O)c1cc2c(c([N+](=O)[O-])c1)N[C@@H](C1CCC(C)(C)CC1)CO2. The first-order chi connectivity index (χ1) is 33.4. The van der Waals surface area contributed by atoms with Crippen LogP contribution < -0.4 is 29.1 Å². The monoisotopic (exact) mass is 973 g/mol. The molecular weight excluding hydrogens is 907 g/mol. The van der Waals surface area contributed by atoms with Gasteiger partial charge < -0.3 is 29.4 Å². The normalized spacial score (nSPS) is 21.6. The minimum absolute atomic E-state index is 0.0431. The first-order valence-corrected chi connectivity index (χ1v) is 26.8. The maximum absolute atomic E-state index is 14.4. The first-order valence-electron chi connectivity index (χ1n) is 25.3. The molecule has 3 aliphatic heterocycles. The van der Waals surface area contributed by atoms with Gasteiger partial charge in [-0.2, -0.15) is 4.98 Å². The minimum atomic E-state index is -4.68. The third kappa shape index (κ3) is 9.52. The van der Waals surface area contributed by atoms with Gasteiger partial charge in [-0.05, 0) is 143 Å². The van der Waals surface area contributed by atoms with Gasteiger partial charge in [0.1, 0.15) is 18.0 Å². The lowest BCUT2D eigenvalue weighted by atomic mass is 9.59. The van der Waals surface area contributed by atoms with Crippen LogP contribution >= 0.6 is 0 Å². The highest BCUT2D eigenvalue weighted by Gasteiger charge is 2.50. The van der Waals surface area contributed by atoms with Gasteiger partial charge in [0.2, 0.25) is 0 Å². The topological polar surface area (TPSA) is 181 Å². The largest absolute Gasteiger partial charge is 0.489 e. The predicted molar refractivity (Wildman–Crippen MR) is 271 cm³/mol. The zero-order valence-electron chi connectivity index (χ0n) is 41.3. The number of rotatable bonds is 13. The van der Waals surface area contributed by atoms with Crippen LogP contribution in [0.3, 0.4) is 0 Å². The Morgan fingerprint density at radius 2 is 1.70 bits per heavy atom. The van der Waals surface area contributed by atoms with Crippen molar-refractivity contribution in [3.8, 4) is 23.1 Å². The molecule has 1 amide bonds. The third-order valence-corrected chi connectivity index (χ3v) is 17.3. The number of pyridine rings is 1. The number of anilines is 2. The fourth-order valence-electron chi connectivity index (χ4n) is 12.0. The molecule has 16 heteroatoms. The molecule has 0 unspecified atom stereocenters. The molecule has 2 aliphatic carbocycles. The second-order valence-corrected chi connectivity index (χ2v) is 23.6. The van der Waals surface area contributed by atoms with Crippen molar-refractivity contribution >= 4 is 44.0 Å². The summed E-state index contributed by atoms with van der Waals surface area (Å²) in [5.41, 5.74) is 4.53. The molecule has 3 aromatic carbocycles. The molecule has 5 aromatic rings. The number of hydrogen-bond acceptors (Lipinski definition) is 12. The number of carbonyl (C=O) groups excluding carboxylic acids is 1. The van der Waals surface area contributed by atoms with Crippen LogP contribution in [0.15, 0.2) is 77.8 Å². The van der Waals surface area contributed by atoms with E-state index in [1.54, 1.807) is 24.4 Å². The van der Waals surface area contributed by atoms with Crippen molar-refractivity contribution in [2.45, 2.75) is 141 Å². The molecule has 70 heavy (non-hydrogen) atoms. The number of amides is 1. The average Bonchev–Trinajstić information content (AvgIpc) is 4.00. The lowest BCUT2D eigenvalue weighted by Gasteiger charge is -2.56. The number of nitro benzene ring substituents is 1. The summed E-state index contributed by atoms with van der Waals surface area (Å²) in [5, 5.41) is 16.6. The summed E-state index contributed by atoms with van der Waals surface area (Å²) in [7, 11) is -4.68. The van der Waals surface area contributed by atoms with E-state index in [0.29, 0.717) is 23.6 Å². The number of ether oxygens (including phenoxy) is 3. The van der Waals surface area contributed by atoms with Gasteiger partial charge in [-0.3, -0.25) is 19.8 Å². The van der Waals surface area contributed by atoms with E-state index >= 15 is 0 Å². The number of likely N-dealkylation sites (tertiary alicyclic amines) is 1. The lowest BCUT2D eigenvalue weighted by molar-refractivity contribution is -0.384. The average molecular weight is 974 g/mol. The summed E-state index contributed by atoms with van der Waals surface area (Å²) in [4.78, 5) is 38.6. The number of sulfonamides is 1. The number of aromatic amines is 1. The van der Waals surface area contributed by atoms with Crippen LogP contribution in [0.2, 0.25) is 0 Å². The highest BCUT2D eigenvalue weighted by Crippen LogP contribution is 2.55. The van der Waals surface area contributed by atoms with Crippen molar-refractivity contribution in [3.63, 3.8) is 0 Å². The van der Waals surface area contributed by atoms with Crippen LogP contribution in [0.1, 0.15) is 139 Å². The summed E-state index contributed by atoms with van der Waals surface area (Å²) in [6.45, 7) is 15.8. The number of nitrogens with zero attached hydrogens (tertiary/aromatic N) is 4. The maximum atomic E-state index is 14.4. The molecule has 3 N–H and O–H groups in total. The first kappa shape index (κ1) is 47.8. The smallest absolute Gasteiger partial charge is 0.297 e. The van der Waals surface area contributed by atoms with Crippen molar-refractivity contribution in [1.82, 2.24) is 19.6 Å². The molecular formula is C54H67N7O8S. The van der Waals surface area contributed by atoms with Crippen molar-refractivity contribution in [2.75, 3.05) is 36.5 Å². The summed E-state index contributed by atoms with van der Waals surface area (Å²) in [5.74, 6) is 0.357. The van der Waals surface area contributed by atoms with Gasteiger partial charge in [-0.25, -0.2) is 13.1 Å². The molecule has 15 nitrogen and oxygen atoms in total. The van der Waals surface area contributed by atoms with Gasteiger partial charge in [-0.1, -0.05) is 52.0 Å². The van der Waals surface area contributed by atoms with Gasteiger partial charge in [0.05, 0.1) is 27.5 Å². The summed E-state index contributed by atoms with van der Waals surface area (Å²) >= 11 is 0. The maximum Gasteiger partial charge on any atom is 0.297 e. The van der Waals surface area contributed by atoms with E-state index < -0.39 is 31.4 Å². The van der Waals surface area contributed by atoms with Gasteiger partial charge in [0, 0.05) is 60.6 Å². The molecule has 10 rings (SSSR count). The number of hydrogen-bond donors (Lipinski definition) is 3. The van der Waals surface area contributed by atoms with Crippen molar-refractivity contribution < 1.29 is 32.3 Å². The van der Waals surface area contributed by atoms with Gasteiger partial charge in [-0.15, -0.1) is 0 Å². The second-order valence-electron chi connectivity index (χ2n) is 22.0. The van der Waals surface area contributed by atoms with E-state index in [4.69, 9.17) is 14.2 Å². The predicted octanol–water partition coefficient (Wildman–Crippen LogP) is 11.3. The Morgan fingerprint density at radius 3 is 2.43 bits per heavy atom. The number of carbonyl (C=O) groups is 1. The van der Waals surface area contributed by atoms with Crippen molar-refractivity contribution in [2.24, 2.45) is 16.7 Å². The van der Waals surface area contributed by atoms with E-state index in [2.05, 4.69) is 81.8 Å². The number of aromatic nitrogens is 2. The third-order valence-electron chi connectivity index (χ3n) is 16.0. The van der Waals surface area contributed by atoms with Gasteiger partial charge in [0.25, 0.3) is 27.5 Å². The van der Waals surface area contributed by atoms with Gasteiger partial charge in [0.15, 0.2) is 17.2 Å². The molecule has 5 heterocycles. The van der Waals surface area contributed by atoms with Crippen molar-refractivity contribution in [1.29, 1.82) is 0 Å². The number of nitro groups is 1. The van der Waals surface area contributed by atoms with Crippen LogP contribution in [0.4, 0.5) is 17.1 Å². The van der Waals surface area contributed by atoms with E-state index in [-0.39, 0.29) is 69.9 Å². The number of fused-ring (bicyclic) bond motifs is 2. The summed E-state index contributed by atoms with van der Waals surface area (Å²) in [6.07, 6.45) is 12.4. The molecule has 2 atom stereocenters. The Hall–Kier alpha value is -5.87. The Kier molecular flexibility index (Phi) is 12.8. The molecule has 5 aliphatic rings. The van der Waals surface area contributed by atoms with Crippen LogP contribution in [0.25, 0.3) is 11.0 Å². The van der Waals surface area contributed by atoms with Crippen LogP contribution in [0, 0.1) is 26.9 Å².